The standard InChI is InChI=1S/C13H14N4O/c14-13(18)11-3-1-2-10(6-11)7-16-9-12-8-15-4-5-17-12/h1-6,8,16H,7,9H2,(H2,14,18). The van der Waals surface area contributed by atoms with Gasteiger partial charge in [-0.1, -0.05) is 12.1 Å². The van der Waals surface area contributed by atoms with E-state index in [0.717, 1.165) is 11.3 Å². The van der Waals surface area contributed by atoms with Crippen molar-refractivity contribution in [1.29, 1.82) is 0 Å². The lowest BCUT2D eigenvalue weighted by atomic mass is 10.1. The van der Waals surface area contributed by atoms with E-state index in [1.54, 1.807) is 30.7 Å². The number of benzene rings is 1. The average molecular weight is 242 g/mol. The van der Waals surface area contributed by atoms with Crippen LogP contribution >= 0.6 is 0 Å². The molecular weight excluding hydrogens is 228 g/mol. The minimum atomic E-state index is -0.411. The molecule has 2 rings (SSSR count). The molecule has 0 aliphatic carbocycles. The molecule has 0 aliphatic heterocycles. The summed E-state index contributed by atoms with van der Waals surface area (Å²) in [6, 6.07) is 7.25. The van der Waals surface area contributed by atoms with E-state index in [2.05, 4.69) is 15.3 Å². The Morgan fingerprint density at radius 3 is 2.89 bits per heavy atom. The fourth-order valence-electron chi connectivity index (χ4n) is 1.59. The molecule has 0 spiro atoms. The summed E-state index contributed by atoms with van der Waals surface area (Å²) in [5.74, 6) is -0.411. The summed E-state index contributed by atoms with van der Waals surface area (Å²) >= 11 is 0. The van der Waals surface area contributed by atoms with E-state index in [4.69, 9.17) is 5.73 Å². The van der Waals surface area contributed by atoms with Crippen LogP contribution in [-0.2, 0) is 13.1 Å². The van der Waals surface area contributed by atoms with Gasteiger partial charge >= 0.3 is 0 Å². The number of nitrogens with one attached hydrogen (secondary N) is 1. The Bertz CT molecular complexity index is 528. The van der Waals surface area contributed by atoms with Gasteiger partial charge in [0, 0.05) is 37.2 Å². The number of nitrogens with zero attached hydrogens (tertiary/aromatic N) is 2. The van der Waals surface area contributed by atoms with E-state index in [1.807, 2.05) is 12.1 Å². The molecule has 2 aromatic rings. The summed E-state index contributed by atoms with van der Waals surface area (Å²) in [4.78, 5) is 19.2. The van der Waals surface area contributed by atoms with Crippen molar-refractivity contribution >= 4 is 5.91 Å². The topological polar surface area (TPSA) is 80.9 Å². The summed E-state index contributed by atoms with van der Waals surface area (Å²) in [7, 11) is 0. The second-order valence-electron chi connectivity index (χ2n) is 3.86. The van der Waals surface area contributed by atoms with Crippen LogP contribution in [0.4, 0.5) is 0 Å². The largest absolute Gasteiger partial charge is 0.366 e. The van der Waals surface area contributed by atoms with Crippen LogP contribution in [0.15, 0.2) is 42.9 Å². The Morgan fingerprint density at radius 2 is 2.17 bits per heavy atom. The molecular formula is C13H14N4O. The fraction of sp³-hybridized carbons (Fsp3) is 0.154. The first-order chi connectivity index (χ1) is 8.75. The van der Waals surface area contributed by atoms with Crippen molar-refractivity contribution in [2.24, 2.45) is 5.73 Å². The van der Waals surface area contributed by atoms with Crippen molar-refractivity contribution in [2.75, 3.05) is 0 Å². The van der Waals surface area contributed by atoms with Gasteiger partial charge in [0.1, 0.15) is 0 Å². The van der Waals surface area contributed by atoms with Crippen molar-refractivity contribution < 1.29 is 4.79 Å². The lowest BCUT2D eigenvalue weighted by Gasteiger charge is -2.05. The van der Waals surface area contributed by atoms with Crippen LogP contribution in [0, 0.1) is 0 Å². The summed E-state index contributed by atoms with van der Waals surface area (Å²) in [5, 5.41) is 3.23. The van der Waals surface area contributed by atoms with E-state index in [0.29, 0.717) is 18.7 Å². The van der Waals surface area contributed by atoms with Gasteiger partial charge < -0.3 is 11.1 Å². The SMILES string of the molecule is NC(=O)c1cccc(CNCc2cnccn2)c1. The van der Waals surface area contributed by atoms with E-state index >= 15 is 0 Å². The van der Waals surface area contributed by atoms with E-state index in [1.165, 1.54) is 0 Å². The summed E-state index contributed by atoms with van der Waals surface area (Å²) < 4.78 is 0. The zero-order valence-corrected chi connectivity index (χ0v) is 9.84. The van der Waals surface area contributed by atoms with Gasteiger partial charge in [-0.05, 0) is 17.7 Å². The van der Waals surface area contributed by atoms with E-state index in [9.17, 15) is 4.79 Å². The molecule has 1 aromatic carbocycles. The van der Waals surface area contributed by atoms with Crippen LogP contribution in [0.3, 0.4) is 0 Å². The normalized spacial score (nSPS) is 10.2. The molecule has 0 atom stereocenters. The molecule has 1 amide bonds. The fourth-order valence-corrected chi connectivity index (χ4v) is 1.59. The molecule has 0 aliphatic rings. The molecule has 0 bridgehead atoms. The molecule has 1 aromatic heterocycles. The molecule has 18 heavy (non-hydrogen) atoms. The van der Waals surface area contributed by atoms with Crippen LogP contribution in [0.25, 0.3) is 0 Å². The third-order valence-electron chi connectivity index (χ3n) is 2.46. The number of aromatic nitrogens is 2. The molecule has 5 nitrogen and oxygen atoms in total. The zero-order chi connectivity index (χ0) is 12.8. The molecule has 0 saturated heterocycles. The number of amides is 1. The quantitative estimate of drug-likeness (QED) is 0.815. The molecule has 0 fully saturated rings. The number of hydrogen-bond donors (Lipinski definition) is 2. The van der Waals surface area contributed by atoms with Gasteiger partial charge in [-0.15, -0.1) is 0 Å². The first-order valence-corrected chi connectivity index (χ1v) is 5.60. The number of rotatable bonds is 5. The van der Waals surface area contributed by atoms with Gasteiger partial charge in [0.05, 0.1) is 5.69 Å². The Morgan fingerprint density at radius 1 is 1.28 bits per heavy atom. The second kappa shape index (κ2) is 5.88. The van der Waals surface area contributed by atoms with Crippen molar-refractivity contribution in [2.45, 2.75) is 13.1 Å². The van der Waals surface area contributed by atoms with Gasteiger partial charge in [-0.2, -0.15) is 0 Å². The summed E-state index contributed by atoms with van der Waals surface area (Å²) in [6.45, 7) is 1.28. The van der Waals surface area contributed by atoms with Crippen molar-refractivity contribution in [3.8, 4) is 0 Å². The van der Waals surface area contributed by atoms with Crippen molar-refractivity contribution in [3.05, 3.63) is 59.7 Å². The first-order valence-electron chi connectivity index (χ1n) is 5.60. The maximum absolute atomic E-state index is 11.0. The summed E-state index contributed by atoms with van der Waals surface area (Å²) in [5.41, 5.74) is 7.63. The smallest absolute Gasteiger partial charge is 0.248 e. The molecule has 1 heterocycles. The van der Waals surface area contributed by atoms with E-state index in [-0.39, 0.29) is 0 Å². The highest BCUT2D eigenvalue weighted by molar-refractivity contribution is 5.92. The number of hydrogen-bond acceptors (Lipinski definition) is 4. The number of carbonyl (C=O) groups excluding carboxylic acids is 1. The Labute approximate surface area is 105 Å². The minimum Gasteiger partial charge on any atom is -0.366 e. The third kappa shape index (κ3) is 3.36. The number of primary amides is 1. The predicted octanol–water partition coefficient (Wildman–Crippen LogP) is 0.865. The Balaban J connectivity index is 1.90. The lowest BCUT2D eigenvalue weighted by molar-refractivity contribution is 0.1000. The molecule has 0 radical (unpaired) electrons. The van der Waals surface area contributed by atoms with Gasteiger partial charge in [0.15, 0.2) is 0 Å². The Hall–Kier alpha value is -2.27. The first kappa shape index (κ1) is 12.2. The van der Waals surface area contributed by atoms with Gasteiger partial charge in [0.2, 0.25) is 5.91 Å². The lowest BCUT2D eigenvalue weighted by Crippen LogP contribution is -2.15. The number of nitrogens with two attached hydrogens (primary N) is 1. The van der Waals surface area contributed by atoms with Gasteiger partial charge in [-0.3, -0.25) is 14.8 Å². The van der Waals surface area contributed by atoms with Crippen molar-refractivity contribution in [3.63, 3.8) is 0 Å². The second-order valence-corrected chi connectivity index (χ2v) is 3.86. The van der Waals surface area contributed by atoms with Crippen molar-refractivity contribution in [1.82, 2.24) is 15.3 Å². The highest BCUT2D eigenvalue weighted by Crippen LogP contribution is 2.04. The molecule has 3 N–H and O–H groups in total. The molecule has 0 saturated carbocycles. The molecule has 5 heteroatoms. The van der Waals surface area contributed by atoms with Gasteiger partial charge in [0.25, 0.3) is 0 Å². The zero-order valence-electron chi connectivity index (χ0n) is 9.84. The molecule has 0 unspecified atom stereocenters. The van der Waals surface area contributed by atoms with Gasteiger partial charge in [-0.25, -0.2) is 0 Å². The number of carbonyl (C=O) groups is 1. The van der Waals surface area contributed by atoms with Crippen LogP contribution < -0.4 is 11.1 Å². The maximum atomic E-state index is 11.0. The third-order valence-corrected chi connectivity index (χ3v) is 2.46. The van der Waals surface area contributed by atoms with Crippen LogP contribution in [0.5, 0.6) is 0 Å². The molecule has 92 valence electrons. The van der Waals surface area contributed by atoms with Crippen LogP contribution in [-0.4, -0.2) is 15.9 Å². The monoisotopic (exact) mass is 242 g/mol. The summed E-state index contributed by atoms with van der Waals surface area (Å²) in [6.07, 6.45) is 5.01. The predicted molar refractivity (Wildman–Crippen MR) is 67.5 cm³/mol. The Kier molecular flexibility index (Phi) is 3.98. The highest BCUT2D eigenvalue weighted by Gasteiger charge is 2.01. The van der Waals surface area contributed by atoms with E-state index < -0.39 is 5.91 Å². The van der Waals surface area contributed by atoms with Crippen LogP contribution in [0.1, 0.15) is 21.6 Å². The maximum Gasteiger partial charge on any atom is 0.248 e. The average Bonchev–Trinajstić information content (AvgIpc) is 2.40. The highest BCUT2D eigenvalue weighted by atomic mass is 16.1. The van der Waals surface area contributed by atoms with Crippen LogP contribution in [0.2, 0.25) is 0 Å². The minimum absolute atomic E-state index is 0.411.